The Kier molecular flexibility index (Phi) is 6.69. The van der Waals surface area contributed by atoms with Crippen LogP contribution in [0.5, 0.6) is 0 Å². The highest BCUT2D eigenvalue weighted by atomic mass is 35.5. The van der Waals surface area contributed by atoms with Crippen LogP contribution in [0.15, 0.2) is 39.4 Å². The molecule has 1 aromatic rings. The second-order valence-electron chi connectivity index (χ2n) is 3.66. The minimum Gasteiger partial charge on any atom is -0.375 e. The van der Waals surface area contributed by atoms with Gasteiger partial charge in [-0.15, -0.1) is 28.5 Å². The van der Waals surface area contributed by atoms with Gasteiger partial charge in [-0.25, -0.2) is 0 Å². The molecule has 0 aromatic heterocycles. The average molecular weight is 301 g/mol. The Morgan fingerprint density at radius 2 is 2.00 bits per heavy atom. The fourth-order valence-corrected chi connectivity index (χ4v) is 2.19. The number of ether oxygens (including phenoxy) is 1. The number of guanidine groups is 1. The second-order valence-corrected chi connectivity index (χ2v) is 5.05. The normalized spacial score (nSPS) is 14.3. The van der Waals surface area contributed by atoms with Gasteiger partial charge in [0.1, 0.15) is 11.5 Å². The molecular formula is C12H17ClN4OS. The number of rotatable bonds is 6. The summed E-state index contributed by atoms with van der Waals surface area (Å²) in [4.78, 5) is 1.18. The Morgan fingerprint density at radius 1 is 1.37 bits per heavy atom. The maximum absolute atomic E-state index is 6.21. The van der Waals surface area contributed by atoms with Crippen LogP contribution in [0, 0.1) is 0 Å². The lowest BCUT2D eigenvalue weighted by Gasteiger charge is -2.18. The molecule has 0 aliphatic rings. The number of benzene rings is 1. The largest absolute Gasteiger partial charge is 0.375 e. The molecule has 4 N–H and O–H groups in total. The SMILES string of the molecule is COC(c1ccc(SC)cc1)C(Cl)C=NN=C(N)N. The van der Waals surface area contributed by atoms with Gasteiger partial charge in [-0.3, -0.25) is 0 Å². The third-order valence-corrected chi connectivity index (χ3v) is 3.45. The summed E-state index contributed by atoms with van der Waals surface area (Å²) in [5.74, 6) is -0.113. The Balaban J connectivity index is 2.80. The van der Waals surface area contributed by atoms with Crippen LogP contribution in [0.1, 0.15) is 11.7 Å². The maximum Gasteiger partial charge on any atom is 0.211 e. The highest BCUT2D eigenvalue weighted by Gasteiger charge is 2.19. The second kappa shape index (κ2) is 8.04. The topological polar surface area (TPSA) is 86.0 Å². The Hall–Kier alpha value is -1.24. The Bertz CT molecular complexity index is 446. The summed E-state index contributed by atoms with van der Waals surface area (Å²) in [5, 5.41) is 6.73. The number of nitrogens with two attached hydrogens (primary N) is 2. The smallest absolute Gasteiger partial charge is 0.211 e. The predicted octanol–water partition coefficient (Wildman–Crippen LogP) is 1.96. The lowest BCUT2D eigenvalue weighted by molar-refractivity contribution is 0.113. The number of hydrogen-bond acceptors (Lipinski definition) is 4. The van der Waals surface area contributed by atoms with E-state index in [0.717, 1.165) is 5.56 Å². The quantitative estimate of drug-likeness (QED) is 0.276. The highest BCUT2D eigenvalue weighted by molar-refractivity contribution is 7.98. The molecule has 0 radical (unpaired) electrons. The van der Waals surface area contributed by atoms with Crippen molar-refractivity contribution < 1.29 is 4.74 Å². The standard InChI is InChI=1S/C12H17ClN4OS/c1-18-11(10(13)7-16-17-12(14)15)8-3-5-9(19-2)6-4-8/h3-7,10-11H,1-2H3,(H4,14,15,17). The monoisotopic (exact) mass is 300 g/mol. The summed E-state index contributed by atoms with van der Waals surface area (Å²) in [7, 11) is 1.59. The van der Waals surface area contributed by atoms with E-state index in [4.69, 9.17) is 27.8 Å². The van der Waals surface area contributed by atoms with Crippen molar-refractivity contribution in [1.82, 2.24) is 0 Å². The first-order valence-electron chi connectivity index (χ1n) is 5.51. The molecule has 0 bridgehead atoms. The van der Waals surface area contributed by atoms with Gasteiger partial charge in [-0.05, 0) is 24.0 Å². The molecule has 0 spiro atoms. The number of thioether (sulfide) groups is 1. The summed E-state index contributed by atoms with van der Waals surface area (Å²) in [5.41, 5.74) is 11.3. The van der Waals surface area contributed by atoms with Gasteiger partial charge >= 0.3 is 0 Å². The van der Waals surface area contributed by atoms with E-state index in [9.17, 15) is 0 Å². The molecular weight excluding hydrogens is 284 g/mol. The molecule has 5 nitrogen and oxygen atoms in total. The average Bonchev–Trinajstić information content (AvgIpc) is 2.40. The fraction of sp³-hybridized carbons (Fsp3) is 0.333. The van der Waals surface area contributed by atoms with Crippen molar-refractivity contribution in [2.75, 3.05) is 13.4 Å². The van der Waals surface area contributed by atoms with E-state index in [2.05, 4.69) is 10.2 Å². The summed E-state index contributed by atoms with van der Waals surface area (Å²) in [6.45, 7) is 0. The molecule has 2 atom stereocenters. The minimum atomic E-state index is -0.465. The van der Waals surface area contributed by atoms with Gasteiger partial charge in [0.2, 0.25) is 5.96 Å². The zero-order valence-corrected chi connectivity index (χ0v) is 12.4. The molecule has 104 valence electrons. The number of methoxy groups -OCH3 is 1. The van der Waals surface area contributed by atoms with Crippen molar-refractivity contribution in [1.29, 1.82) is 0 Å². The van der Waals surface area contributed by atoms with Crippen molar-refractivity contribution in [2.45, 2.75) is 16.4 Å². The van der Waals surface area contributed by atoms with E-state index in [1.54, 1.807) is 18.9 Å². The van der Waals surface area contributed by atoms with Crippen molar-refractivity contribution in [3.63, 3.8) is 0 Å². The van der Waals surface area contributed by atoms with E-state index in [0.29, 0.717) is 0 Å². The van der Waals surface area contributed by atoms with Crippen LogP contribution in [0.25, 0.3) is 0 Å². The number of hydrogen-bond donors (Lipinski definition) is 2. The predicted molar refractivity (Wildman–Crippen MR) is 81.9 cm³/mol. The van der Waals surface area contributed by atoms with Gasteiger partial charge in [-0.2, -0.15) is 5.10 Å². The van der Waals surface area contributed by atoms with Crippen LogP contribution in [0.2, 0.25) is 0 Å². The molecule has 0 aliphatic carbocycles. The van der Waals surface area contributed by atoms with E-state index < -0.39 is 5.38 Å². The molecule has 19 heavy (non-hydrogen) atoms. The zero-order chi connectivity index (χ0) is 14.3. The molecule has 0 aliphatic heterocycles. The van der Waals surface area contributed by atoms with Crippen LogP contribution in [0.4, 0.5) is 0 Å². The molecule has 2 unspecified atom stereocenters. The molecule has 7 heteroatoms. The molecule has 0 saturated heterocycles. The summed E-state index contributed by atoms with van der Waals surface area (Å²) in [6, 6.07) is 7.99. The van der Waals surface area contributed by atoms with Gasteiger partial charge in [0.25, 0.3) is 0 Å². The summed E-state index contributed by atoms with van der Waals surface area (Å²) < 4.78 is 5.39. The molecule has 0 fully saturated rings. The first-order valence-corrected chi connectivity index (χ1v) is 7.17. The molecule has 0 saturated carbocycles. The van der Waals surface area contributed by atoms with E-state index >= 15 is 0 Å². The fourth-order valence-electron chi connectivity index (χ4n) is 1.49. The lowest BCUT2D eigenvalue weighted by atomic mass is 10.1. The van der Waals surface area contributed by atoms with Crippen LogP contribution < -0.4 is 11.5 Å². The lowest BCUT2D eigenvalue weighted by Crippen LogP contribution is -2.22. The number of alkyl halides is 1. The van der Waals surface area contributed by atoms with Gasteiger partial charge < -0.3 is 16.2 Å². The third kappa shape index (κ3) is 5.10. The molecule has 1 rings (SSSR count). The third-order valence-electron chi connectivity index (χ3n) is 2.37. The number of nitrogens with zero attached hydrogens (tertiary/aromatic N) is 2. The molecule has 0 heterocycles. The molecule has 0 amide bonds. The Morgan fingerprint density at radius 3 is 2.47 bits per heavy atom. The van der Waals surface area contributed by atoms with Crippen molar-refractivity contribution in [3.8, 4) is 0 Å². The van der Waals surface area contributed by atoms with Gasteiger partial charge in [0, 0.05) is 18.2 Å². The van der Waals surface area contributed by atoms with Crippen LogP contribution >= 0.6 is 23.4 Å². The maximum atomic E-state index is 6.21. The van der Waals surface area contributed by atoms with Crippen molar-refractivity contribution >= 4 is 35.5 Å². The van der Waals surface area contributed by atoms with Crippen LogP contribution in [-0.2, 0) is 4.74 Å². The van der Waals surface area contributed by atoms with Gasteiger partial charge in [-0.1, -0.05) is 12.1 Å². The minimum absolute atomic E-state index is 0.113. The van der Waals surface area contributed by atoms with E-state index in [1.165, 1.54) is 11.1 Å². The summed E-state index contributed by atoms with van der Waals surface area (Å²) in [6.07, 6.45) is 3.16. The first-order chi connectivity index (χ1) is 9.08. The Labute approximate surface area is 122 Å². The molecule has 1 aromatic carbocycles. The first kappa shape index (κ1) is 15.8. The van der Waals surface area contributed by atoms with Crippen molar-refractivity contribution in [3.05, 3.63) is 29.8 Å². The zero-order valence-electron chi connectivity index (χ0n) is 10.8. The van der Waals surface area contributed by atoms with Crippen LogP contribution in [0.3, 0.4) is 0 Å². The van der Waals surface area contributed by atoms with Gasteiger partial charge in [0.05, 0.1) is 0 Å². The highest BCUT2D eigenvalue weighted by Crippen LogP contribution is 2.25. The van der Waals surface area contributed by atoms with E-state index in [-0.39, 0.29) is 12.1 Å². The number of halogens is 1. The van der Waals surface area contributed by atoms with Crippen molar-refractivity contribution in [2.24, 2.45) is 21.7 Å². The van der Waals surface area contributed by atoms with E-state index in [1.807, 2.05) is 30.5 Å². The van der Waals surface area contributed by atoms with Crippen LogP contribution in [-0.4, -0.2) is 30.9 Å². The summed E-state index contributed by atoms with van der Waals surface area (Å²) >= 11 is 7.88. The van der Waals surface area contributed by atoms with Gasteiger partial charge in [0.15, 0.2) is 0 Å².